The highest BCUT2D eigenvalue weighted by atomic mass is 31.2. The number of carbonyl (C=O) groups is 2. The number of para-hydroxylation sites is 1. The highest BCUT2D eigenvalue weighted by Crippen LogP contribution is 2.45. The topological polar surface area (TPSA) is 164 Å². The number of nitrogens with two attached hydrogens (primary N) is 1. The number of nitrogens with one attached hydrogen (secondary N) is 1. The monoisotopic (exact) mass is 398 g/mol. The van der Waals surface area contributed by atoms with Gasteiger partial charge in [-0.05, 0) is 37.9 Å². The van der Waals surface area contributed by atoms with Crippen molar-refractivity contribution in [1.82, 2.24) is 5.09 Å². The second kappa shape index (κ2) is 12.1. The molecule has 1 unspecified atom stereocenters. The number of carbonyl (C=O) groups excluding carboxylic acids is 1. The van der Waals surface area contributed by atoms with Crippen LogP contribution < -0.4 is 15.3 Å². The first-order valence-corrected chi connectivity index (χ1v) is 9.84. The first kappa shape index (κ1) is 22.7. The molecule has 0 amide bonds. The van der Waals surface area contributed by atoms with Gasteiger partial charge in [-0.15, -0.1) is 0 Å². The lowest BCUT2D eigenvalue weighted by Crippen LogP contribution is -2.36. The van der Waals surface area contributed by atoms with Gasteiger partial charge in [-0.1, -0.05) is 18.2 Å². The van der Waals surface area contributed by atoms with E-state index in [-0.39, 0.29) is 25.2 Å². The van der Waals surface area contributed by atoms with Gasteiger partial charge in [0, 0.05) is 6.42 Å². The average molecular weight is 398 g/mol. The van der Waals surface area contributed by atoms with Gasteiger partial charge < -0.3 is 20.9 Å². The highest BCUT2D eigenvalue weighted by Gasteiger charge is 2.33. The number of aliphatic carboxylic acids is 1. The van der Waals surface area contributed by atoms with Gasteiger partial charge in [-0.25, -0.2) is 4.57 Å². The van der Waals surface area contributed by atoms with Crippen molar-refractivity contribution in [2.24, 2.45) is 5.73 Å². The summed E-state index contributed by atoms with van der Waals surface area (Å²) in [6.45, 7) is 0.490. The summed E-state index contributed by atoms with van der Waals surface area (Å²) in [5.74, 6) is -1.67. The van der Waals surface area contributed by atoms with Crippen LogP contribution in [0.4, 0.5) is 0 Å². The molecule has 11 heteroatoms. The molecule has 0 aliphatic rings. The molecule has 0 aliphatic heterocycles. The molecule has 0 aromatic heterocycles. The zero-order chi connectivity index (χ0) is 20.1. The summed E-state index contributed by atoms with van der Waals surface area (Å²) in [5.41, 5.74) is 13.7. The number of benzene rings is 1. The average Bonchev–Trinajstić information content (AvgIpc) is 2.63. The maximum atomic E-state index is 13.0. The second-order valence-corrected chi connectivity index (χ2v) is 7.19. The van der Waals surface area contributed by atoms with Crippen molar-refractivity contribution in [3.05, 3.63) is 35.9 Å². The van der Waals surface area contributed by atoms with Gasteiger partial charge in [-0.2, -0.15) is 9.88 Å². The summed E-state index contributed by atoms with van der Waals surface area (Å²) in [6.07, 6.45) is 1.40. The predicted molar refractivity (Wildman–Crippen MR) is 97.4 cm³/mol. The van der Waals surface area contributed by atoms with Crippen molar-refractivity contribution < 1.29 is 33.1 Å². The molecule has 0 heterocycles. The summed E-state index contributed by atoms with van der Waals surface area (Å²) >= 11 is 0. The standard InChI is InChI=1S/C16H23N4O6P/c17-10-4-5-11-25-27(24,26-14-6-2-1-3-7-14)20-15(16(22)23)9-8-13(21)12-19-18/h1-3,6-7,12,15H,4-5,8-11,17H2,(H,20,24)(H,22,23)/t15-,27?/m0/s1. The highest BCUT2D eigenvalue weighted by molar-refractivity contribution is 7.52. The third-order valence-electron chi connectivity index (χ3n) is 3.32. The molecule has 1 aromatic rings. The van der Waals surface area contributed by atoms with Crippen LogP contribution in [0.2, 0.25) is 0 Å². The fourth-order valence-electron chi connectivity index (χ4n) is 1.99. The van der Waals surface area contributed by atoms with E-state index in [0.29, 0.717) is 25.6 Å². The Morgan fingerprint density at radius 3 is 2.63 bits per heavy atom. The van der Waals surface area contributed by atoms with Crippen LogP contribution in [0.15, 0.2) is 30.3 Å². The molecule has 27 heavy (non-hydrogen) atoms. The van der Waals surface area contributed by atoms with Crippen molar-refractivity contribution in [3.63, 3.8) is 0 Å². The molecule has 0 radical (unpaired) electrons. The smallest absolute Gasteiger partial charge is 0.459 e. The Bertz CT molecular complexity index is 708. The summed E-state index contributed by atoms with van der Waals surface area (Å²) in [5, 5.41) is 11.7. The summed E-state index contributed by atoms with van der Waals surface area (Å²) in [4.78, 5) is 25.5. The van der Waals surface area contributed by atoms with Gasteiger partial charge in [0.15, 0.2) is 0 Å². The van der Waals surface area contributed by atoms with E-state index in [1.807, 2.05) is 0 Å². The molecule has 10 nitrogen and oxygen atoms in total. The SMILES string of the molecule is [N-]=[N+]=CC(=O)CC[C@H](NP(=O)(OCCCCN)Oc1ccccc1)C(=O)O. The van der Waals surface area contributed by atoms with Gasteiger partial charge in [0.2, 0.25) is 5.78 Å². The molecule has 0 bridgehead atoms. The molecule has 2 atom stereocenters. The van der Waals surface area contributed by atoms with Gasteiger partial charge in [0.25, 0.3) is 0 Å². The van der Waals surface area contributed by atoms with E-state index in [1.54, 1.807) is 30.3 Å². The maximum Gasteiger partial charge on any atom is 0.459 e. The van der Waals surface area contributed by atoms with Crippen molar-refractivity contribution in [3.8, 4) is 5.75 Å². The Labute approximate surface area is 156 Å². The number of ketones is 1. The van der Waals surface area contributed by atoms with E-state index in [9.17, 15) is 19.3 Å². The quantitative estimate of drug-likeness (QED) is 0.140. The molecule has 0 saturated carbocycles. The van der Waals surface area contributed by atoms with E-state index >= 15 is 0 Å². The number of hydrogen-bond acceptors (Lipinski definition) is 6. The van der Waals surface area contributed by atoms with Gasteiger partial charge >= 0.3 is 19.9 Å². The zero-order valence-corrected chi connectivity index (χ0v) is 15.6. The molecule has 0 spiro atoms. The Balaban J connectivity index is 2.87. The fraction of sp³-hybridized carbons (Fsp3) is 0.438. The Hall–Kier alpha value is -2.35. The van der Waals surface area contributed by atoms with E-state index in [1.165, 1.54) is 0 Å². The molecule has 0 aliphatic carbocycles. The lowest BCUT2D eigenvalue weighted by molar-refractivity contribution is -0.139. The Kier molecular flexibility index (Phi) is 10.2. The van der Waals surface area contributed by atoms with Crippen LogP contribution in [0.3, 0.4) is 0 Å². The van der Waals surface area contributed by atoms with Crippen molar-refractivity contribution in [2.45, 2.75) is 31.7 Å². The second-order valence-electron chi connectivity index (χ2n) is 5.50. The largest absolute Gasteiger partial charge is 0.480 e. The normalized spacial score (nSPS) is 13.8. The van der Waals surface area contributed by atoms with Crippen molar-refractivity contribution >= 4 is 25.7 Å². The molecular formula is C16H23N4O6P. The number of hydrogen-bond donors (Lipinski definition) is 3. The van der Waals surface area contributed by atoms with E-state index < -0.39 is 25.5 Å². The number of rotatable bonds is 14. The van der Waals surface area contributed by atoms with Crippen LogP contribution in [0.25, 0.3) is 5.53 Å². The minimum absolute atomic E-state index is 0.0523. The molecule has 0 saturated heterocycles. The molecule has 148 valence electrons. The third-order valence-corrected chi connectivity index (χ3v) is 4.92. The zero-order valence-electron chi connectivity index (χ0n) is 14.7. The molecular weight excluding hydrogens is 375 g/mol. The van der Waals surface area contributed by atoms with E-state index in [0.717, 1.165) is 0 Å². The molecule has 1 aromatic carbocycles. The molecule has 1 rings (SSSR count). The van der Waals surface area contributed by atoms with Gasteiger partial charge in [-0.3, -0.25) is 14.1 Å². The number of carboxylic acids is 1. The predicted octanol–water partition coefficient (Wildman–Crippen LogP) is 1.62. The van der Waals surface area contributed by atoms with Gasteiger partial charge in [0.05, 0.1) is 6.61 Å². The summed E-state index contributed by atoms with van der Waals surface area (Å²) < 4.78 is 23.7. The van der Waals surface area contributed by atoms with Crippen LogP contribution in [-0.2, 0) is 18.7 Å². The first-order valence-electron chi connectivity index (χ1n) is 8.30. The lowest BCUT2D eigenvalue weighted by atomic mass is 10.1. The van der Waals surface area contributed by atoms with E-state index in [4.69, 9.17) is 20.3 Å². The molecule has 0 fully saturated rings. The molecule has 4 N–H and O–H groups in total. The number of unbranched alkanes of at least 4 members (excludes halogenated alkanes) is 1. The summed E-state index contributed by atoms with van der Waals surface area (Å²) in [6, 6.07) is 6.79. The van der Waals surface area contributed by atoms with Crippen LogP contribution in [0.1, 0.15) is 25.7 Å². The van der Waals surface area contributed by atoms with Gasteiger partial charge in [0.1, 0.15) is 11.8 Å². The minimum atomic E-state index is -4.03. The maximum absolute atomic E-state index is 13.0. The number of carboxylic acid groups (broad SMARTS) is 1. The van der Waals surface area contributed by atoms with Crippen molar-refractivity contribution in [1.29, 1.82) is 0 Å². The van der Waals surface area contributed by atoms with Crippen LogP contribution in [0, 0.1) is 0 Å². The third kappa shape index (κ3) is 9.23. The first-order chi connectivity index (χ1) is 12.9. The minimum Gasteiger partial charge on any atom is -0.480 e. The van der Waals surface area contributed by atoms with Crippen molar-refractivity contribution in [2.75, 3.05) is 13.2 Å². The van der Waals surface area contributed by atoms with Crippen LogP contribution >= 0.6 is 7.75 Å². The van der Waals surface area contributed by atoms with Crippen LogP contribution in [0.5, 0.6) is 5.75 Å². The lowest BCUT2D eigenvalue weighted by Gasteiger charge is -2.23. The summed E-state index contributed by atoms with van der Waals surface area (Å²) in [7, 11) is -4.03. The number of Topliss-reactive ketones (excluding diaryl/α,β-unsaturated/α-hetero) is 1. The fourth-order valence-corrected chi connectivity index (χ4v) is 3.56. The van der Waals surface area contributed by atoms with Crippen LogP contribution in [-0.4, -0.2) is 47.1 Å². The Morgan fingerprint density at radius 2 is 2.04 bits per heavy atom. The Morgan fingerprint density at radius 1 is 1.33 bits per heavy atom. The number of nitrogens with zero attached hydrogens (tertiary/aromatic N) is 2. The van der Waals surface area contributed by atoms with E-state index in [2.05, 4.69) is 9.88 Å².